The second kappa shape index (κ2) is 7.03. The summed E-state index contributed by atoms with van der Waals surface area (Å²) in [4.78, 5) is 23.0. The van der Waals surface area contributed by atoms with E-state index in [2.05, 4.69) is 5.32 Å². The van der Waals surface area contributed by atoms with Crippen LogP contribution in [0.1, 0.15) is 16.8 Å². The minimum absolute atomic E-state index is 0.280. The van der Waals surface area contributed by atoms with E-state index >= 15 is 0 Å². The van der Waals surface area contributed by atoms with Crippen molar-refractivity contribution < 1.29 is 9.59 Å². The van der Waals surface area contributed by atoms with Gasteiger partial charge in [-0.3, -0.25) is 9.59 Å². The highest BCUT2D eigenvalue weighted by molar-refractivity contribution is 7.98. The largest absolute Gasteiger partial charge is 0.366 e. The number of hydrogen-bond donors (Lipinski definition) is 3. The lowest BCUT2D eigenvalue weighted by molar-refractivity contribution is -0.117. The number of hydrogen-bond acceptors (Lipinski definition) is 4. The Morgan fingerprint density at radius 1 is 1.39 bits per heavy atom. The van der Waals surface area contributed by atoms with E-state index in [0.717, 1.165) is 5.75 Å². The number of carbonyl (C=O) groups excluding carboxylic acids is 2. The highest BCUT2D eigenvalue weighted by Gasteiger charge is 2.15. The molecule has 0 saturated heterocycles. The van der Waals surface area contributed by atoms with Gasteiger partial charge in [0.05, 0.1) is 17.3 Å². The van der Waals surface area contributed by atoms with Crippen LogP contribution in [-0.2, 0) is 4.79 Å². The molecule has 0 heterocycles. The summed E-state index contributed by atoms with van der Waals surface area (Å²) in [7, 11) is 0. The molecule has 98 valence electrons. The van der Waals surface area contributed by atoms with Crippen molar-refractivity contribution in [1.82, 2.24) is 0 Å². The van der Waals surface area contributed by atoms with Gasteiger partial charge in [-0.15, -0.1) is 0 Å². The first-order chi connectivity index (χ1) is 8.56. The molecular weight excluding hydrogens is 250 g/mol. The van der Waals surface area contributed by atoms with Crippen molar-refractivity contribution in [2.24, 2.45) is 11.5 Å². The van der Waals surface area contributed by atoms with E-state index in [0.29, 0.717) is 12.1 Å². The molecule has 0 fully saturated rings. The average Bonchev–Trinajstić information content (AvgIpc) is 2.36. The van der Waals surface area contributed by atoms with Gasteiger partial charge in [-0.25, -0.2) is 0 Å². The Balaban J connectivity index is 2.72. The molecule has 6 heteroatoms. The van der Waals surface area contributed by atoms with Crippen molar-refractivity contribution in [2.75, 3.05) is 17.3 Å². The number of primary amides is 1. The van der Waals surface area contributed by atoms with Crippen molar-refractivity contribution in [3.8, 4) is 0 Å². The highest BCUT2D eigenvalue weighted by Crippen LogP contribution is 2.14. The van der Waals surface area contributed by atoms with Gasteiger partial charge >= 0.3 is 0 Å². The second-order valence-corrected chi connectivity index (χ2v) is 4.77. The summed E-state index contributed by atoms with van der Waals surface area (Å²) in [6.07, 6.45) is 2.54. The molecule has 1 aromatic carbocycles. The number of amides is 2. The summed E-state index contributed by atoms with van der Waals surface area (Å²) >= 11 is 1.63. The van der Waals surface area contributed by atoms with Gasteiger partial charge in [-0.2, -0.15) is 11.8 Å². The Morgan fingerprint density at radius 2 is 2.06 bits per heavy atom. The fraction of sp³-hybridized carbons (Fsp3) is 0.333. The van der Waals surface area contributed by atoms with Crippen LogP contribution in [0.3, 0.4) is 0 Å². The zero-order valence-electron chi connectivity index (χ0n) is 10.2. The van der Waals surface area contributed by atoms with Gasteiger partial charge in [0.2, 0.25) is 5.91 Å². The zero-order chi connectivity index (χ0) is 13.5. The van der Waals surface area contributed by atoms with Crippen LogP contribution in [0.4, 0.5) is 5.69 Å². The summed E-state index contributed by atoms with van der Waals surface area (Å²) in [6.45, 7) is 0. The van der Waals surface area contributed by atoms with E-state index in [1.165, 1.54) is 0 Å². The normalized spacial score (nSPS) is 11.9. The molecule has 0 aromatic heterocycles. The first-order valence-electron chi connectivity index (χ1n) is 5.50. The highest BCUT2D eigenvalue weighted by atomic mass is 32.2. The number of carbonyl (C=O) groups is 2. The summed E-state index contributed by atoms with van der Waals surface area (Å²) < 4.78 is 0. The Kier molecular flexibility index (Phi) is 5.67. The van der Waals surface area contributed by atoms with Crippen LogP contribution in [0.2, 0.25) is 0 Å². The van der Waals surface area contributed by atoms with E-state index in [9.17, 15) is 9.59 Å². The molecule has 0 unspecified atom stereocenters. The molecule has 1 rings (SSSR count). The van der Waals surface area contributed by atoms with Gasteiger partial charge in [-0.1, -0.05) is 12.1 Å². The first kappa shape index (κ1) is 14.5. The third-order valence-corrected chi connectivity index (χ3v) is 3.06. The molecule has 0 saturated carbocycles. The lowest BCUT2D eigenvalue weighted by Gasteiger charge is -2.13. The minimum Gasteiger partial charge on any atom is -0.366 e. The molecule has 0 aliphatic rings. The Labute approximate surface area is 110 Å². The maximum atomic E-state index is 11.8. The molecule has 2 amide bonds. The Hall–Kier alpha value is -1.53. The van der Waals surface area contributed by atoms with Crippen molar-refractivity contribution >= 4 is 29.3 Å². The first-order valence-corrected chi connectivity index (χ1v) is 6.90. The number of nitrogens with one attached hydrogen (secondary N) is 1. The molecular formula is C12H17N3O2S. The molecule has 18 heavy (non-hydrogen) atoms. The third-order valence-electron chi connectivity index (χ3n) is 2.42. The van der Waals surface area contributed by atoms with Crippen LogP contribution in [0.5, 0.6) is 0 Å². The quantitative estimate of drug-likeness (QED) is 0.710. The van der Waals surface area contributed by atoms with Gasteiger partial charge in [0.15, 0.2) is 0 Å². The third kappa shape index (κ3) is 4.05. The number of para-hydroxylation sites is 1. The predicted molar refractivity (Wildman–Crippen MR) is 74.6 cm³/mol. The van der Waals surface area contributed by atoms with Crippen molar-refractivity contribution in [2.45, 2.75) is 12.5 Å². The van der Waals surface area contributed by atoms with Gasteiger partial charge in [0, 0.05) is 0 Å². The van der Waals surface area contributed by atoms with Crippen LogP contribution < -0.4 is 16.8 Å². The van der Waals surface area contributed by atoms with Crippen LogP contribution in [0.15, 0.2) is 24.3 Å². The number of anilines is 1. The van der Waals surface area contributed by atoms with Crippen molar-refractivity contribution in [3.63, 3.8) is 0 Å². The van der Waals surface area contributed by atoms with E-state index in [1.54, 1.807) is 36.0 Å². The van der Waals surface area contributed by atoms with Gasteiger partial charge in [0.1, 0.15) is 0 Å². The van der Waals surface area contributed by atoms with Gasteiger partial charge in [-0.05, 0) is 30.6 Å². The molecule has 5 N–H and O–H groups in total. The summed E-state index contributed by atoms with van der Waals surface area (Å²) in [6, 6.07) is 6.00. The second-order valence-electron chi connectivity index (χ2n) is 3.79. The number of nitrogens with two attached hydrogens (primary N) is 2. The predicted octanol–water partition coefficient (Wildman–Crippen LogP) is 0.804. The van der Waals surface area contributed by atoms with E-state index < -0.39 is 11.9 Å². The fourth-order valence-electron chi connectivity index (χ4n) is 1.41. The van der Waals surface area contributed by atoms with E-state index in [1.807, 2.05) is 6.26 Å². The molecule has 1 atom stereocenters. The van der Waals surface area contributed by atoms with Gasteiger partial charge < -0.3 is 16.8 Å². The standard InChI is InChI=1S/C12H17N3O2S/c1-18-7-6-9(13)12(17)15-10-5-3-2-4-8(10)11(14)16/h2-5,9H,6-7,13H2,1H3,(H2,14,16)(H,15,17)/t9-/m0/s1. The topological polar surface area (TPSA) is 98.2 Å². The van der Waals surface area contributed by atoms with Crippen molar-refractivity contribution in [1.29, 1.82) is 0 Å². The summed E-state index contributed by atoms with van der Waals surface area (Å²) in [5.41, 5.74) is 11.6. The van der Waals surface area contributed by atoms with Crippen LogP contribution in [0, 0.1) is 0 Å². The Bertz CT molecular complexity index is 437. The maximum absolute atomic E-state index is 11.8. The average molecular weight is 267 g/mol. The van der Waals surface area contributed by atoms with E-state index in [4.69, 9.17) is 11.5 Å². The molecule has 0 spiro atoms. The van der Waals surface area contributed by atoms with Crippen LogP contribution >= 0.6 is 11.8 Å². The minimum atomic E-state index is -0.585. The van der Waals surface area contributed by atoms with Gasteiger partial charge in [0.25, 0.3) is 5.91 Å². The molecule has 0 aliphatic heterocycles. The SMILES string of the molecule is CSCC[C@H](N)C(=O)Nc1ccccc1C(N)=O. The molecule has 0 aliphatic carbocycles. The summed E-state index contributed by atoms with van der Waals surface area (Å²) in [5, 5.41) is 2.63. The zero-order valence-corrected chi connectivity index (χ0v) is 11.0. The Morgan fingerprint density at radius 3 is 2.67 bits per heavy atom. The lowest BCUT2D eigenvalue weighted by atomic mass is 10.1. The lowest BCUT2D eigenvalue weighted by Crippen LogP contribution is -2.36. The molecule has 1 aromatic rings. The maximum Gasteiger partial charge on any atom is 0.250 e. The molecule has 0 radical (unpaired) electrons. The van der Waals surface area contributed by atoms with Crippen molar-refractivity contribution in [3.05, 3.63) is 29.8 Å². The van der Waals surface area contributed by atoms with E-state index in [-0.39, 0.29) is 11.5 Å². The monoisotopic (exact) mass is 267 g/mol. The fourth-order valence-corrected chi connectivity index (χ4v) is 1.90. The smallest absolute Gasteiger partial charge is 0.250 e. The number of benzene rings is 1. The summed E-state index contributed by atoms with van der Waals surface area (Å²) in [5.74, 6) is -0.0761. The molecule has 5 nitrogen and oxygen atoms in total. The number of rotatable bonds is 6. The van der Waals surface area contributed by atoms with Crippen LogP contribution in [0.25, 0.3) is 0 Å². The van der Waals surface area contributed by atoms with Crippen LogP contribution in [-0.4, -0.2) is 29.9 Å². The number of thioether (sulfide) groups is 1. The molecule has 0 bridgehead atoms.